The lowest BCUT2D eigenvalue weighted by atomic mass is 9.87. The molecule has 2 nitrogen and oxygen atoms in total. The Morgan fingerprint density at radius 1 is 0.750 bits per heavy atom. The predicted octanol–water partition coefficient (Wildman–Crippen LogP) is 7.15. The van der Waals surface area contributed by atoms with Gasteiger partial charge in [-0.2, -0.15) is 0 Å². The van der Waals surface area contributed by atoms with E-state index in [0.29, 0.717) is 0 Å². The monoisotopic (exact) mass is 417 g/mol. The number of carbonyl (C=O) groups is 1. The number of ketones is 1. The van der Waals surface area contributed by atoms with Crippen LogP contribution in [0, 0.1) is 5.41 Å². The van der Waals surface area contributed by atoms with Gasteiger partial charge in [0.25, 0.3) is 0 Å². The minimum atomic E-state index is -0.449. The molecule has 0 radical (unpaired) electrons. The highest BCUT2D eigenvalue weighted by molar-refractivity contribution is 6.30. The summed E-state index contributed by atoms with van der Waals surface area (Å²) in [4.78, 5) is 13.3. The summed E-state index contributed by atoms with van der Waals surface area (Å²) in [5.41, 5.74) is 8.65. The van der Waals surface area contributed by atoms with E-state index in [1.54, 1.807) is 0 Å². The lowest BCUT2D eigenvalue weighted by Crippen LogP contribution is -2.18. The van der Waals surface area contributed by atoms with Crippen LogP contribution in [0.2, 0.25) is 0 Å². The van der Waals surface area contributed by atoms with Crippen LogP contribution in [0.1, 0.15) is 43.2 Å². The molecule has 0 unspecified atom stereocenters. The van der Waals surface area contributed by atoms with E-state index in [-0.39, 0.29) is 5.78 Å². The number of para-hydroxylation sites is 1. The Balaban J connectivity index is 1.95. The second-order valence-electron chi connectivity index (χ2n) is 9.45. The van der Waals surface area contributed by atoms with Gasteiger partial charge in [-0.25, -0.2) is 0 Å². The van der Waals surface area contributed by atoms with E-state index in [9.17, 15) is 4.79 Å². The average Bonchev–Trinajstić information content (AvgIpc) is 3.28. The third-order valence-electron chi connectivity index (χ3n) is 6.27. The summed E-state index contributed by atoms with van der Waals surface area (Å²) < 4.78 is 2.24. The van der Waals surface area contributed by atoms with Gasteiger partial charge in [-0.05, 0) is 28.8 Å². The first kappa shape index (κ1) is 20.3. The molecule has 0 amide bonds. The van der Waals surface area contributed by atoms with Crippen LogP contribution < -0.4 is 0 Å². The summed E-state index contributed by atoms with van der Waals surface area (Å²) >= 11 is 0. The summed E-state index contributed by atoms with van der Waals surface area (Å²) in [7, 11) is 2.10. The first-order chi connectivity index (χ1) is 15.4. The van der Waals surface area contributed by atoms with Crippen LogP contribution in [0.25, 0.3) is 27.6 Å². The number of fused-ring (bicyclic) bond motifs is 3. The molecule has 0 atom stereocenters. The summed E-state index contributed by atoms with van der Waals surface area (Å²) in [5, 5.41) is 1.21. The van der Waals surface area contributed by atoms with Crippen molar-refractivity contribution in [3.05, 3.63) is 113 Å². The van der Waals surface area contributed by atoms with Gasteiger partial charge in [-0.3, -0.25) is 4.79 Å². The molecule has 0 aliphatic heterocycles. The van der Waals surface area contributed by atoms with Crippen LogP contribution in [0.5, 0.6) is 0 Å². The van der Waals surface area contributed by atoms with Gasteiger partial charge in [0.05, 0.1) is 5.69 Å². The van der Waals surface area contributed by atoms with Crippen LogP contribution in [-0.4, -0.2) is 10.4 Å². The summed E-state index contributed by atoms with van der Waals surface area (Å²) in [6, 6.07) is 29.5. The standard InChI is InChI=1S/C30H27NO/c1-30(2,3)25(32)19-23-26(20-13-7-5-8-14-20)27(21-15-9-6-10-16-21)28-22-17-11-12-18-24(22)31(4)29(23)28/h5-19H,1-4H3/b23-19-. The Morgan fingerprint density at radius 3 is 1.88 bits per heavy atom. The number of hydrogen-bond donors (Lipinski definition) is 0. The van der Waals surface area contributed by atoms with Crippen molar-refractivity contribution in [3.8, 4) is 0 Å². The van der Waals surface area contributed by atoms with Crippen molar-refractivity contribution in [2.24, 2.45) is 12.5 Å². The highest BCUT2D eigenvalue weighted by Gasteiger charge is 2.34. The Bertz CT molecular complexity index is 1390. The maximum absolute atomic E-state index is 13.3. The zero-order chi connectivity index (χ0) is 22.5. The largest absolute Gasteiger partial charge is 0.343 e. The van der Waals surface area contributed by atoms with E-state index in [2.05, 4.69) is 84.4 Å². The number of hydrogen-bond acceptors (Lipinski definition) is 1. The average molecular weight is 418 g/mol. The predicted molar refractivity (Wildman–Crippen MR) is 134 cm³/mol. The minimum Gasteiger partial charge on any atom is -0.343 e. The minimum absolute atomic E-state index is 0.131. The fourth-order valence-corrected chi connectivity index (χ4v) is 4.63. The molecule has 1 aromatic heterocycles. The molecular formula is C30H27NO. The second-order valence-corrected chi connectivity index (χ2v) is 9.45. The Hall–Kier alpha value is -3.65. The van der Waals surface area contributed by atoms with E-state index < -0.39 is 5.41 Å². The Labute approximate surface area is 189 Å². The number of allylic oxidation sites excluding steroid dienone is 3. The third-order valence-corrected chi connectivity index (χ3v) is 6.27. The SMILES string of the molecule is Cn1c2c(c3ccccc31)C(c1ccccc1)=C(c1ccccc1)/C2=C/C(=O)C(C)(C)C. The van der Waals surface area contributed by atoms with Crippen molar-refractivity contribution in [1.29, 1.82) is 0 Å². The maximum atomic E-state index is 13.3. The molecule has 0 spiro atoms. The number of aryl methyl sites for hydroxylation is 1. The van der Waals surface area contributed by atoms with E-state index in [4.69, 9.17) is 0 Å². The zero-order valence-electron chi connectivity index (χ0n) is 19.0. The maximum Gasteiger partial charge on any atom is 0.161 e. The molecule has 5 rings (SSSR count). The first-order valence-electron chi connectivity index (χ1n) is 11.1. The molecule has 0 saturated heterocycles. The number of rotatable bonds is 3. The molecular weight excluding hydrogens is 390 g/mol. The van der Waals surface area contributed by atoms with Gasteiger partial charge in [0, 0.05) is 40.1 Å². The van der Waals surface area contributed by atoms with Crippen molar-refractivity contribution >= 4 is 33.4 Å². The van der Waals surface area contributed by atoms with E-state index in [1.165, 1.54) is 22.0 Å². The van der Waals surface area contributed by atoms with Crippen LogP contribution in [0.4, 0.5) is 0 Å². The molecule has 1 aliphatic rings. The summed E-state index contributed by atoms with van der Waals surface area (Å²) in [6.07, 6.45) is 1.87. The van der Waals surface area contributed by atoms with Gasteiger partial charge in [0.2, 0.25) is 0 Å². The molecule has 1 aliphatic carbocycles. The molecule has 32 heavy (non-hydrogen) atoms. The van der Waals surface area contributed by atoms with Crippen LogP contribution in [0.3, 0.4) is 0 Å². The van der Waals surface area contributed by atoms with Crippen LogP contribution in [0.15, 0.2) is 91.0 Å². The number of aromatic nitrogens is 1. The number of carbonyl (C=O) groups excluding carboxylic acids is 1. The lowest BCUT2D eigenvalue weighted by Gasteiger charge is -2.17. The molecule has 0 N–H and O–H groups in total. The number of nitrogens with zero attached hydrogens (tertiary/aromatic N) is 1. The molecule has 1 heterocycles. The molecule has 0 fully saturated rings. The molecule has 4 aromatic rings. The second kappa shape index (κ2) is 7.49. The van der Waals surface area contributed by atoms with Gasteiger partial charge in [-0.15, -0.1) is 0 Å². The molecule has 2 heteroatoms. The zero-order valence-corrected chi connectivity index (χ0v) is 19.0. The highest BCUT2D eigenvalue weighted by Crippen LogP contribution is 2.52. The summed E-state index contributed by atoms with van der Waals surface area (Å²) in [6.45, 7) is 5.94. The van der Waals surface area contributed by atoms with Crippen molar-refractivity contribution in [2.75, 3.05) is 0 Å². The van der Waals surface area contributed by atoms with Gasteiger partial charge in [0.15, 0.2) is 5.78 Å². The van der Waals surface area contributed by atoms with Crippen molar-refractivity contribution in [3.63, 3.8) is 0 Å². The third kappa shape index (κ3) is 3.15. The molecule has 0 saturated carbocycles. The van der Waals surface area contributed by atoms with Crippen molar-refractivity contribution in [1.82, 2.24) is 4.57 Å². The normalized spacial score (nSPS) is 14.9. The van der Waals surface area contributed by atoms with E-state index in [0.717, 1.165) is 28.0 Å². The van der Waals surface area contributed by atoms with E-state index in [1.807, 2.05) is 39.0 Å². The molecule has 3 aromatic carbocycles. The van der Waals surface area contributed by atoms with Crippen LogP contribution in [-0.2, 0) is 11.8 Å². The van der Waals surface area contributed by atoms with Gasteiger partial charge in [0.1, 0.15) is 0 Å². The highest BCUT2D eigenvalue weighted by atomic mass is 16.1. The molecule has 158 valence electrons. The van der Waals surface area contributed by atoms with Crippen molar-refractivity contribution in [2.45, 2.75) is 20.8 Å². The smallest absolute Gasteiger partial charge is 0.161 e. The van der Waals surface area contributed by atoms with Gasteiger partial charge < -0.3 is 4.57 Å². The van der Waals surface area contributed by atoms with Gasteiger partial charge >= 0.3 is 0 Å². The van der Waals surface area contributed by atoms with E-state index >= 15 is 0 Å². The van der Waals surface area contributed by atoms with Crippen LogP contribution >= 0.6 is 0 Å². The lowest BCUT2D eigenvalue weighted by molar-refractivity contribution is -0.121. The summed E-state index contributed by atoms with van der Waals surface area (Å²) in [5.74, 6) is 0.131. The Kier molecular flexibility index (Phi) is 4.74. The topological polar surface area (TPSA) is 22.0 Å². The van der Waals surface area contributed by atoms with Crippen molar-refractivity contribution < 1.29 is 4.79 Å². The molecule has 0 bridgehead atoms. The first-order valence-corrected chi connectivity index (χ1v) is 11.1. The quantitative estimate of drug-likeness (QED) is 0.324. The fraction of sp³-hybridized carbons (Fsp3) is 0.167. The fourth-order valence-electron chi connectivity index (χ4n) is 4.63. The Morgan fingerprint density at radius 2 is 1.28 bits per heavy atom. The van der Waals surface area contributed by atoms with Gasteiger partial charge in [-0.1, -0.05) is 99.6 Å². The number of benzene rings is 3.